The number of halogens is 2. The summed E-state index contributed by atoms with van der Waals surface area (Å²) >= 11 is 0. The first-order valence-electron chi connectivity index (χ1n) is 4.29. The van der Waals surface area contributed by atoms with Crippen molar-refractivity contribution in [2.75, 3.05) is 0 Å². The van der Waals surface area contributed by atoms with Gasteiger partial charge >= 0.3 is 0 Å². The third kappa shape index (κ3) is 2.20. The van der Waals surface area contributed by atoms with Crippen LogP contribution in [0.2, 0.25) is 0 Å². The fourth-order valence-electron chi connectivity index (χ4n) is 1.54. The van der Waals surface area contributed by atoms with E-state index in [0.29, 0.717) is 12.5 Å². The van der Waals surface area contributed by atoms with Crippen LogP contribution in [0.1, 0.15) is 29.9 Å². The van der Waals surface area contributed by atoms with Crippen molar-refractivity contribution in [3.8, 4) is 0 Å². The van der Waals surface area contributed by atoms with Gasteiger partial charge in [0.1, 0.15) is 5.82 Å². The quantitative estimate of drug-likeness (QED) is 0.782. The summed E-state index contributed by atoms with van der Waals surface area (Å²) in [6.07, 6.45) is 2.47. The zero-order valence-electron chi connectivity index (χ0n) is 7.29. The van der Waals surface area contributed by atoms with Crippen molar-refractivity contribution in [2.45, 2.75) is 25.3 Å². The molecule has 2 rings (SSSR count). The minimum Gasteiger partial charge on any atom is -0.326 e. The first kappa shape index (κ1) is 10.5. The second-order valence-corrected chi connectivity index (χ2v) is 3.32. The van der Waals surface area contributed by atoms with Crippen LogP contribution in [0.4, 0.5) is 4.39 Å². The van der Waals surface area contributed by atoms with Crippen LogP contribution >= 0.6 is 12.4 Å². The van der Waals surface area contributed by atoms with E-state index in [1.165, 1.54) is 24.5 Å². The van der Waals surface area contributed by atoms with E-state index in [1.54, 1.807) is 6.07 Å². The van der Waals surface area contributed by atoms with Crippen molar-refractivity contribution in [2.24, 2.45) is 5.73 Å². The normalized spacial score (nSPS) is 15.2. The summed E-state index contributed by atoms with van der Waals surface area (Å²) in [6, 6.07) is 4.94. The highest BCUT2D eigenvalue weighted by Gasteiger charge is 2.25. The molecule has 2 N–H and O–H groups in total. The summed E-state index contributed by atoms with van der Waals surface area (Å²) in [4.78, 5) is 0. The summed E-state index contributed by atoms with van der Waals surface area (Å²) in [5, 5.41) is 0. The molecule has 0 spiro atoms. The van der Waals surface area contributed by atoms with Gasteiger partial charge in [0.25, 0.3) is 0 Å². The lowest BCUT2D eigenvalue weighted by Gasteiger charge is -2.05. The van der Waals surface area contributed by atoms with Crippen LogP contribution in [0.25, 0.3) is 0 Å². The van der Waals surface area contributed by atoms with E-state index in [0.717, 1.165) is 5.56 Å². The SMILES string of the molecule is Cl.NCc1cc(F)ccc1C1CC1. The molecule has 13 heavy (non-hydrogen) atoms. The third-order valence-electron chi connectivity index (χ3n) is 2.34. The average molecular weight is 202 g/mol. The predicted molar refractivity (Wildman–Crippen MR) is 53.5 cm³/mol. The minimum absolute atomic E-state index is 0. The maximum atomic E-state index is 12.8. The maximum absolute atomic E-state index is 12.8. The third-order valence-corrected chi connectivity index (χ3v) is 2.34. The van der Waals surface area contributed by atoms with E-state index in [-0.39, 0.29) is 18.2 Å². The van der Waals surface area contributed by atoms with Crippen LogP contribution in [0, 0.1) is 5.82 Å². The number of benzene rings is 1. The van der Waals surface area contributed by atoms with E-state index < -0.39 is 0 Å². The van der Waals surface area contributed by atoms with Gasteiger partial charge in [-0.1, -0.05) is 6.07 Å². The number of hydrogen-bond acceptors (Lipinski definition) is 1. The largest absolute Gasteiger partial charge is 0.326 e. The predicted octanol–water partition coefficient (Wildman–Crippen LogP) is 2.58. The van der Waals surface area contributed by atoms with Gasteiger partial charge in [-0.3, -0.25) is 0 Å². The Kier molecular flexibility index (Phi) is 3.28. The fourth-order valence-corrected chi connectivity index (χ4v) is 1.54. The molecule has 0 aliphatic heterocycles. The Morgan fingerprint density at radius 1 is 1.38 bits per heavy atom. The number of rotatable bonds is 2. The molecule has 1 fully saturated rings. The molecule has 0 unspecified atom stereocenters. The van der Waals surface area contributed by atoms with E-state index in [9.17, 15) is 4.39 Å². The molecule has 1 aromatic rings. The van der Waals surface area contributed by atoms with Gasteiger partial charge in [-0.15, -0.1) is 12.4 Å². The van der Waals surface area contributed by atoms with Gasteiger partial charge in [-0.25, -0.2) is 4.39 Å². The molecule has 0 bridgehead atoms. The Morgan fingerprint density at radius 2 is 2.08 bits per heavy atom. The standard InChI is InChI=1S/C10H12FN.ClH/c11-9-3-4-10(7-1-2-7)8(5-9)6-12;/h3-5,7H,1-2,6,12H2;1H. The van der Waals surface area contributed by atoms with Gasteiger partial charge in [0.05, 0.1) is 0 Å². The molecule has 0 atom stereocenters. The average Bonchev–Trinajstić information content (AvgIpc) is 2.87. The lowest BCUT2D eigenvalue weighted by Crippen LogP contribution is -2.01. The maximum Gasteiger partial charge on any atom is 0.123 e. The molecule has 1 aliphatic carbocycles. The molecule has 0 saturated heterocycles. The minimum atomic E-state index is -0.181. The first-order chi connectivity index (χ1) is 5.81. The van der Waals surface area contributed by atoms with Crippen LogP contribution in [0.5, 0.6) is 0 Å². The molecule has 1 aromatic carbocycles. The second-order valence-electron chi connectivity index (χ2n) is 3.32. The molecule has 0 heterocycles. The van der Waals surface area contributed by atoms with Crippen molar-refractivity contribution in [1.29, 1.82) is 0 Å². The van der Waals surface area contributed by atoms with Crippen molar-refractivity contribution in [3.05, 3.63) is 35.1 Å². The summed E-state index contributed by atoms with van der Waals surface area (Å²) < 4.78 is 12.8. The van der Waals surface area contributed by atoms with Crippen molar-refractivity contribution >= 4 is 12.4 Å². The van der Waals surface area contributed by atoms with E-state index in [1.807, 2.05) is 6.07 Å². The van der Waals surface area contributed by atoms with Crippen LogP contribution in [-0.2, 0) is 6.54 Å². The smallest absolute Gasteiger partial charge is 0.123 e. The monoisotopic (exact) mass is 201 g/mol. The lowest BCUT2D eigenvalue weighted by molar-refractivity contribution is 0.624. The van der Waals surface area contributed by atoms with Crippen molar-refractivity contribution in [1.82, 2.24) is 0 Å². The molecule has 1 nitrogen and oxygen atoms in total. The first-order valence-corrected chi connectivity index (χ1v) is 4.29. The molecular weight excluding hydrogens is 189 g/mol. The molecule has 0 aromatic heterocycles. The topological polar surface area (TPSA) is 26.0 Å². The summed E-state index contributed by atoms with van der Waals surface area (Å²) in [5.41, 5.74) is 7.74. The molecule has 0 radical (unpaired) electrons. The Morgan fingerprint density at radius 3 is 2.62 bits per heavy atom. The number of hydrogen-bond donors (Lipinski definition) is 1. The van der Waals surface area contributed by atoms with Gasteiger partial charge in [0.15, 0.2) is 0 Å². The molecule has 1 aliphatic rings. The van der Waals surface area contributed by atoms with Gasteiger partial charge < -0.3 is 5.73 Å². The van der Waals surface area contributed by atoms with Gasteiger partial charge in [0.2, 0.25) is 0 Å². The second kappa shape index (κ2) is 4.07. The zero-order chi connectivity index (χ0) is 8.55. The van der Waals surface area contributed by atoms with E-state index >= 15 is 0 Å². The van der Waals surface area contributed by atoms with Crippen molar-refractivity contribution in [3.63, 3.8) is 0 Å². The zero-order valence-corrected chi connectivity index (χ0v) is 8.11. The van der Waals surface area contributed by atoms with Crippen LogP contribution in [0.15, 0.2) is 18.2 Å². The molecule has 3 heteroatoms. The van der Waals surface area contributed by atoms with E-state index in [4.69, 9.17) is 5.73 Å². The Labute approximate surface area is 83.5 Å². The van der Waals surface area contributed by atoms with Crippen LogP contribution < -0.4 is 5.73 Å². The summed E-state index contributed by atoms with van der Waals surface area (Å²) in [7, 11) is 0. The molecular formula is C10H13ClFN. The van der Waals surface area contributed by atoms with Crippen LogP contribution in [-0.4, -0.2) is 0 Å². The highest BCUT2D eigenvalue weighted by atomic mass is 35.5. The number of nitrogens with two attached hydrogens (primary N) is 1. The highest BCUT2D eigenvalue weighted by molar-refractivity contribution is 5.85. The van der Waals surface area contributed by atoms with E-state index in [2.05, 4.69) is 0 Å². The fraction of sp³-hybridized carbons (Fsp3) is 0.400. The lowest BCUT2D eigenvalue weighted by atomic mass is 10.0. The van der Waals surface area contributed by atoms with Gasteiger partial charge in [-0.2, -0.15) is 0 Å². The highest BCUT2D eigenvalue weighted by Crippen LogP contribution is 2.41. The Balaban J connectivity index is 0.000000845. The Hall–Kier alpha value is -0.600. The molecule has 0 amide bonds. The summed E-state index contributed by atoms with van der Waals surface area (Å²) in [6.45, 7) is 0.448. The summed E-state index contributed by atoms with van der Waals surface area (Å²) in [5.74, 6) is 0.476. The van der Waals surface area contributed by atoms with Gasteiger partial charge in [-0.05, 0) is 42.0 Å². The van der Waals surface area contributed by atoms with Crippen molar-refractivity contribution < 1.29 is 4.39 Å². The molecule has 72 valence electrons. The van der Waals surface area contributed by atoms with Crippen LogP contribution in [0.3, 0.4) is 0 Å². The molecule has 1 saturated carbocycles. The van der Waals surface area contributed by atoms with Gasteiger partial charge in [0, 0.05) is 6.54 Å². The Bertz CT molecular complexity index is 297.